The van der Waals surface area contributed by atoms with Gasteiger partial charge in [0, 0.05) is 18.7 Å². The molecule has 17 heteroatoms. The van der Waals surface area contributed by atoms with Crippen LogP contribution in [0.15, 0.2) is 73.8 Å². The molecule has 0 fully saturated rings. The van der Waals surface area contributed by atoms with Gasteiger partial charge < -0.3 is 27.4 Å². The van der Waals surface area contributed by atoms with Gasteiger partial charge in [0.05, 0.1) is 6.04 Å². The molecule has 0 spiro atoms. The molecule has 0 radical (unpaired) electrons. The average Bonchev–Trinajstić information content (AvgIpc) is 3.85. The lowest BCUT2D eigenvalue weighted by molar-refractivity contribution is 0.0929. The Morgan fingerprint density at radius 2 is 1.80 bits per heavy atom. The third-order valence-corrected chi connectivity index (χ3v) is 8.30. The lowest BCUT2D eigenvalue weighted by Gasteiger charge is -2.15. The van der Waals surface area contributed by atoms with Crippen LogP contribution in [0.5, 0.6) is 0 Å². The summed E-state index contributed by atoms with van der Waals surface area (Å²) in [4.78, 5) is 84.5. The minimum Gasteiger partial charge on any atom is -0.394 e. The van der Waals surface area contributed by atoms with E-state index in [1.165, 1.54) is 16.8 Å². The van der Waals surface area contributed by atoms with Gasteiger partial charge in [-0.3, -0.25) is 37.9 Å². The SMILES string of the molecule is NC(=O)c1ncn2c(C(=O)NCc3cccc(CNc4c(N)c(=O)c4=O)c3)cc(C(=O)N[C@H]3CCc4cc(-c5noc(=O)[nH]5)ccc43)nc12. The maximum Gasteiger partial charge on any atom is 0.439 e. The van der Waals surface area contributed by atoms with E-state index in [0.29, 0.717) is 24.2 Å². The van der Waals surface area contributed by atoms with E-state index in [9.17, 15) is 28.8 Å². The first-order chi connectivity index (χ1) is 23.6. The van der Waals surface area contributed by atoms with Crippen molar-refractivity contribution in [2.24, 2.45) is 5.73 Å². The summed E-state index contributed by atoms with van der Waals surface area (Å²) < 4.78 is 5.87. The number of benzene rings is 2. The number of amides is 3. The monoisotopic (exact) mass is 662 g/mol. The van der Waals surface area contributed by atoms with Crippen LogP contribution in [0.4, 0.5) is 11.4 Å². The number of primary amides is 1. The van der Waals surface area contributed by atoms with Crippen LogP contribution in [0.25, 0.3) is 17.0 Å². The van der Waals surface area contributed by atoms with Crippen LogP contribution in [0.3, 0.4) is 0 Å². The smallest absolute Gasteiger partial charge is 0.394 e. The number of rotatable bonds is 10. The Kier molecular flexibility index (Phi) is 7.54. The highest BCUT2D eigenvalue weighted by Crippen LogP contribution is 2.33. The zero-order valence-corrected chi connectivity index (χ0v) is 25.4. The summed E-state index contributed by atoms with van der Waals surface area (Å²) in [6.45, 7) is 0.307. The zero-order chi connectivity index (χ0) is 34.4. The first-order valence-electron chi connectivity index (χ1n) is 14.9. The fourth-order valence-electron chi connectivity index (χ4n) is 5.83. The van der Waals surface area contributed by atoms with E-state index in [0.717, 1.165) is 22.3 Å². The van der Waals surface area contributed by atoms with E-state index in [1.54, 1.807) is 30.3 Å². The minimum absolute atomic E-state index is 0.0124. The molecule has 0 bridgehead atoms. The highest BCUT2D eigenvalue weighted by Gasteiger charge is 2.27. The molecular formula is C32H26N10O7. The number of anilines is 2. The van der Waals surface area contributed by atoms with Crippen molar-refractivity contribution in [3.05, 3.63) is 125 Å². The molecule has 1 aliphatic carbocycles. The summed E-state index contributed by atoms with van der Waals surface area (Å²) in [5.41, 5.74) is 13.2. The maximum absolute atomic E-state index is 13.6. The van der Waals surface area contributed by atoms with E-state index in [1.807, 2.05) is 12.1 Å². The molecule has 246 valence electrons. The number of hydrogen-bond donors (Lipinski definition) is 6. The number of hydrogen-bond acceptors (Lipinski definition) is 12. The van der Waals surface area contributed by atoms with E-state index in [-0.39, 0.29) is 53.2 Å². The van der Waals surface area contributed by atoms with Crippen molar-refractivity contribution in [1.82, 2.24) is 35.1 Å². The van der Waals surface area contributed by atoms with E-state index < -0.39 is 34.3 Å². The summed E-state index contributed by atoms with van der Waals surface area (Å²) in [5, 5.41) is 12.3. The molecule has 0 saturated heterocycles. The van der Waals surface area contributed by atoms with Gasteiger partial charge in [-0.25, -0.2) is 14.8 Å². The minimum atomic E-state index is -0.885. The lowest BCUT2D eigenvalue weighted by Crippen LogP contribution is -2.36. The van der Waals surface area contributed by atoms with E-state index in [4.69, 9.17) is 11.5 Å². The Morgan fingerprint density at radius 1 is 1.00 bits per heavy atom. The van der Waals surface area contributed by atoms with E-state index >= 15 is 0 Å². The number of H-pyrrole nitrogens is 1. The maximum atomic E-state index is 13.6. The lowest BCUT2D eigenvalue weighted by atomic mass is 10.0. The molecule has 3 aromatic carbocycles. The molecule has 3 aromatic heterocycles. The molecule has 0 saturated carbocycles. The van der Waals surface area contributed by atoms with E-state index in [2.05, 4.69) is 40.6 Å². The van der Waals surface area contributed by atoms with Crippen molar-refractivity contribution < 1.29 is 18.9 Å². The van der Waals surface area contributed by atoms with Crippen molar-refractivity contribution in [2.75, 3.05) is 11.1 Å². The van der Waals surface area contributed by atoms with Gasteiger partial charge in [0.1, 0.15) is 29.1 Å². The average molecular weight is 663 g/mol. The van der Waals surface area contributed by atoms with Crippen LogP contribution in [0.2, 0.25) is 0 Å². The van der Waals surface area contributed by atoms with Crippen LogP contribution < -0.4 is 44.0 Å². The number of aryl methyl sites for hydroxylation is 1. The largest absolute Gasteiger partial charge is 0.439 e. The second-order valence-electron chi connectivity index (χ2n) is 11.4. The van der Waals surface area contributed by atoms with Crippen LogP contribution in [0, 0.1) is 0 Å². The Hall–Kier alpha value is -6.91. The summed E-state index contributed by atoms with van der Waals surface area (Å²) in [5.74, 6) is -2.42. The molecule has 6 aromatic rings. The van der Waals surface area contributed by atoms with Gasteiger partial charge in [0.25, 0.3) is 28.6 Å². The Labute approximate surface area is 274 Å². The molecular weight excluding hydrogens is 636 g/mol. The van der Waals surface area contributed by atoms with Crippen LogP contribution in [-0.4, -0.2) is 42.2 Å². The van der Waals surface area contributed by atoms with Gasteiger partial charge >= 0.3 is 5.76 Å². The number of nitrogens with zero attached hydrogens (tertiary/aromatic N) is 4. The van der Waals surface area contributed by atoms with Crippen molar-refractivity contribution in [3.8, 4) is 11.4 Å². The standard InChI is InChI=1S/C32H26N10O7/c33-22-23(26(44)25(22)43)35-11-14-2-1-3-15(8-14)12-36-31(47)21-10-20(38-29-24(27(34)45)37-13-42(21)29)30(46)39-19-7-5-16-9-17(4-6-18(16)19)28-40-32(48)49-41-28/h1-4,6,8-10,13,19,35H,5,7,11-12,33H2,(H2,34,45)(H,36,47)(H,39,46)(H,40,41,48)/t19-/m0/s1. The fraction of sp³-hybridized carbons (Fsp3) is 0.156. The molecule has 49 heavy (non-hydrogen) atoms. The van der Waals surface area contributed by atoms with Crippen molar-refractivity contribution >= 4 is 34.7 Å². The molecule has 1 aliphatic rings. The number of nitrogens with two attached hydrogens (primary N) is 2. The van der Waals surface area contributed by atoms with Crippen LogP contribution >= 0.6 is 0 Å². The van der Waals surface area contributed by atoms with Crippen molar-refractivity contribution in [2.45, 2.75) is 32.0 Å². The highest BCUT2D eigenvalue weighted by molar-refractivity contribution is 6.01. The number of nitrogen functional groups attached to an aromatic ring is 1. The highest BCUT2D eigenvalue weighted by atomic mass is 16.5. The van der Waals surface area contributed by atoms with Gasteiger partial charge in [0.15, 0.2) is 17.2 Å². The number of carbonyl (C=O) groups excluding carboxylic acids is 3. The van der Waals surface area contributed by atoms with Crippen molar-refractivity contribution in [3.63, 3.8) is 0 Å². The fourth-order valence-corrected chi connectivity index (χ4v) is 5.83. The first kappa shape index (κ1) is 30.7. The molecule has 7 rings (SSSR count). The Balaban J connectivity index is 1.09. The van der Waals surface area contributed by atoms with Crippen molar-refractivity contribution in [1.29, 1.82) is 0 Å². The first-order valence-corrected chi connectivity index (χ1v) is 14.9. The molecule has 3 heterocycles. The van der Waals surface area contributed by atoms with Gasteiger partial charge in [-0.1, -0.05) is 41.6 Å². The second kappa shape index (κ2) is 12.0. The van der Waals surface area contributed by atoms with Crippen LogP contribution in [0.1, 0.15) is 66.2 Å². The molecule has 0 aliphatic heterocycles. The number of aromatic amines is 1. The number of imidazole rings is 1. The molecule has 1 atom stereocenters. The quantitative estimate of drug-likeness (QED) is 0.108. The number of carbonyl (C=O) groups is 3. The molecule has 0 unspecified atom stereocenters. The Morgan fingerprint density at radius 3 is 2.53 bits per heavy atom. The van der Waals surface area contributed by atoms with Gasteiger partial charge in [-0.05, 0) is 47.2 Å². The summed E-state index contributed by atoms with van der Waals surface area (Å²) in [7, 11) is 0. The predicted molar refractivity (Wildman–Crippen MR) is 173 cm³/mol. The predicted octanol–water partition coefficient (Wildman–Crippen LogP) is 0.309. The summed E-state index contributed by atoms with van der Waals surface area (Å²) in [6.07, 6.45) is 2.46. The molecule has 17 nitrogen and oxygen atoms in total. The Bertz CT molecular complexity index is 2450. The topological polar surface area (TPSA) is 263 Å². The zero-order valence-electron chi connectivity index (χ0n) is 25.4. The normalized spacial score (nSPS) is 13.8. The molecule has 3 amide bonds. The van der Waals surface area contributed by atoms with Gasteiger partial charge in [-0.2, -0.15) is 0 Å². The second-order valence-corrected chi connectivity index (χ2v) is 11.4. The van der Waals surface area contributed by atoms with Gasteiger partial charge in [-0.15, -0.1) is 0 Å². The van der Waals surface area contributed by atoms with Crippen LogP contribution in [-0.2, 0) is 19.5 Å². The summed E-state index contributed by atoms with van der Waals surface area (Å²) >= 11 is 0. The van der Waals surface area contributed by atoms with Gasteiger partial charge in [0.2, 0.25) is 0 Å². The molecule has 8 N–H and O–H groups in total. The number of nitrogens with one attached hydrogen (secondary N) is 4. The third kappa shape index (κ3) is 5.69. The summed E-state index contributed by atoms with van der Waals surface area (Å²) in [6, 6.07) is 13.5. The third-order valence-electron chi connectivity index (χ3n) is 8.30. The number of aromatic nitrogens is 5. The number of fused-ring (bicyclic) bond motifs is 2.